The van der Waals surface area contributed by atoms with Gasteiger partial charge < -0.3 is 24.8 Å². The number of halogens is 2. The Balaban J connectivity index is 0.000000171. The second kappa shape index (κ2) is 26.3. The second-order valence-electron chi connectivity index (χ2n) is 23.0. The maximum absolute atomic E-state index is 2.63. The molecule has 4 aliphatic rings. The minimum absolute atomic E-state index is 0. The first kappa shape index (κ1) is 59.6. The summed E-state index contributed by atoms with van der Waals surface area (Å²) in [5.74, 6) is 0. The van der Waals surface area contributed by atoms with E-state index in [2.05, 4.69) is 319 Å². The molecule has 0 spiro atoms. The Hall–Kier alpha value is -6.09. The molecule has 14 rings (SSSR count). The smallest absolute Gasteiger partial charge is 1.00 e. The zero-order valence-corrected chi connectivity index (χ0v) is 59.3. The predicted octanol–water partition coefficient (Wildman–Crippen LogP) is 15.3. The van der Waals surface area contributed by atoms with E-state index in [1.807, 2.05) is 0 Å². The zero-order valence-electron chi connectivity index (χ0n) is 48.6. The second-order valence-corrected chi connectivity index (χ2v) is 72.9. The predicted molar refractivity (Wildman–Crippen MR) is 349 cm³/mol. The summed E-state index contributed by atoms with van der Waals surface area (Å²) in [6, 6.07) is 94.8. The Morgan fingerprint density at radius 3 is 0.726 bits per heavy atom. The largest absolute Gasteiger partial charge is 1.00 e. The molecule has 0 saturated carbocycles. The van der Waals surface area contributed by atoms with Gasteiger partial charge in [0.05, 0.1) is 0 Å². The first-order valence-electron chi connectivity index (χ1n) is 29.2. The van der Waals surface area contributed by atoms with E-state index in [4.69, 9.17) is 0 Å². The molecule has 84 heavy (non-hydrogen) atoms. The monoisotopic (exact) mass is 1490 g/mol. The van der Waals surface area contributed by atoms with E-state index >= 15 is 0 Å². The van der Waals surface area contributed by atoms with E-state index in [1.165, 1.54) is 77.9 Å². The van der Waals surface area contributed by atoms with Gasteiger partial charge in [-0.05, 0) is 0 Å². The Morgan fingerprint density at radius 2 is 0.476 bits per heavy atom. The van der Waals surface area contributed by atoms with Crippen molar-refractivity contribution < 1.29 is 64.9 Å². The van der Waals surface area contributed by atoms with Gasteiger partial charge in [0.1, 0.15) is 0 Å². The van der Waals surface area contributed by atoms with Crippen LogP contribution in [-0.2, 0) is 40.1 Å². The summed E-state index contributed by atoms with van der Waals surface area (Å²) in [6.45, 7) is 15.4. The van der Waals surface area contributed by atoms with E-state index in [9.17, 15) is 0 Å². The molecule has 0 saturated heterocycles. The molecule has 0 nitrogen and oxygen atoms in total. The third kappa shape index (κ3) is 11.3. The molecule has 4 unspecified atom stereocenters. The van der Waals surface area contributed by atoms with Crippen molar-refractivity contribution in [2.45, 2.75) is 54.7 Å². The molecule has 4 atom stereocenters. The van der Waals surface area contributed by atoms with Gasteiger partial charge in [0.15, 0.2) is 0 Å². The maximum atomic E-state index is 2.63. The summed E-state index contributed by atoms with van der Waals surface area (Å²) in [4.78, 5) is 0. The average molecular weight is 1490 g/mol. The number of hydrogen-bond acceptors (Lipinski definition) is 0. The van der Waals surface area contributed by atoms with Crippen LogP contribution in [0.5, 0.6) is 0 Å². The number of allylic oxidation sites excluding steroid dienone is 4. The Morgan fingerprint density at radius 1 is 0.250 bits per heavy atom. The molecule has 0 aromatic heterocycles. The molecule has 0 fully saturated rings. The van der Waals surface area contributed by atoms with Crippen LogP contribution in [0.3, 0.4) is 0 Å². The summed E-state index contributed by atoms with van der Waals surface area (Å²) in [7, 11) is 0. The van der Waals surface area contributed by atoms with Crippen LogP contribution < -0.4 is 24.8 Å². The van der Waals surface area contributed by atoms with E-state index in [0.29, 0.717) is 14.7 Å². The van der Waals surface area contributed by atoms with Gasteiger partial charge in [0.25, 0.3) is 0 Å². The molecule has 0 heterocycles. The molecule has 0 amide bonds. The fourth-order valence-electron chi connectivity index (χ4n) is 14.1. The quantitative estimate of drug-likeness (QED) is 0.120. The Labute approximate surface area is 526 Å². The van der Waals surface area contributed by atoms with Crippen LogP contribution in [0.15, 0.2) is 266 Å². The van der Waals surface area contributed by atoms with Gasteiger partial charge in [-0.2, -0.15) is 0 Å². The molecule has 4 aliphatic carbocycles. The fourth-order valence-corrected chi connectivity index (χ4v) is 71.9. The van der Waals surface area contributed by atoms with Crippen molar-refractivity contribution in [2.75, 3.05) is 0 Å². The van der Waals surface area contributed by atoms with Crippen LogP contribution >= 0.6 is 0 Å². The number of benzene rings is 10. The third-order valence-corrected chi connectivity index (χ3v) is 73.2. The van der Waals surface area contributed by atoms with Gasteiger partial charge in [0, 0.05) is 0 Å². The van der Waals surface area contributed by atoms with Crippen LogP contribution in [0.4, 0.5) is 0 Å². The summed E-state index contributed by atoms with van der Waals surface area (Å²) >= 11 is -4.95. The topological polar surface area (TPSA) is 0 Å². The third-order valence-electron chi connectivity index (χ3n) is 17.6. The summed E-state index contributed by atoms with van der Waals surface area (Å²) in [5.41, 5.74) is 31.1. The van der Waals surface area contributed by atoms with Gasteiger partial charge in [0.2, 0.25) is 0 Å². The first-order valence-corrected chi connectivity index (χ1v) is 53.3. The van der Waals surface area contributed by atoms with Crippen molar-refractivity contribution >= 4 is 46.4 Å². The SMILES string of the molecule is CC1=Cc2c(-c3ccccc3)cccc2[CH]1[Hf]([CH]1C(c2ccccc2)=Cc2c(-c3ccccc3)cccc21)=[Si](C)C.CC1=Cc2c(-c3ccccc3)cccc2[CH]1[Hf]([CH]1C(c2ccccc2)=Cc2c(-c3ccccc3)cccc21)=[Si](C)C.[Cl-].[Cl-]. The first-order chi connectivity index (χ1) is 40.2. The van der Waals surface area contributed by atoms with Gasteiger partial charge in [-0.3, -0.25) is 0 Å². The molecule has 0 N–H and O–H groups in total. The molecule has 0 radical (unpaired) electrons. The number of hydrogen-bond donors (Lipinski definition) is 0. The molecule has 6 heteroatoms. The number of fused-ring (bicyclic) bond motifs is 4. The normalized spacial score (nSPS) is 16.5. The van der Waals surface area contributed by atoms with Gasteiger partial charge in [-0.25, -0.2) is 0 Å². The molecule has 0 aliphatic heterocycles. The summed E-state index contributed by atoms with van der Waals surface area (Å²) in [6.07, 6.45) is 10.2. The van der Waals surface area contributed by atoms with Gasteiger partial charge in [-0.15, -0.1) is 0 Å². The van der Waals surface area contributed by atoms with Crippen molar-refractivity contribution in [3.05, 3.63) is 322 Å². The minimum atomic E-state index is -2.48. The average Bonchev–Trinajstić information content (AvgIpc) is 2.80. The van der Waals surface area contributed by atoms with Crippen molar-refractivity contribution in [1.82, 2.24) is 0 Å². The van der Waals surface area contributed by atoms with Crippen LogP contribution in [0.1, 0.15) is 84.2 Å². The van der Waals surface area contributed by atoms with E-state index in [-0.39, 0.29) is 24.8 Å². The van der Waals surface area contributed by atoms with Crippen LogP contribution in [0.25, 0.3) is 80.0 Å². The van der Waals surface area contributed by atoms with Gasteiger partial charge >= 0.3 is 507 Å². The van der Waals surface area contributed by atoms with Crippen molar-refractivity contribution in [3.8, 4) is 44.5 Å². The van der Waals surface area contributed by atoms with Crippen molar-refractivity contribution in [1.29, 1.82) is 0 Å². The molecule has 412 valence electrons. The molecular weight excluding hydrogens is 1420 g/mol. The van der Waals surface area contributed by atoms with Crippen molar-refractivity contribution in [3.63, 3.8) is 0 Å². The van der Waals surface area contributed by atoms with Gasteiger partial charge in [-0.1, -0.05) is 0 Å². The molecule has 10 aromatic rings. The summed E-state index contributed by atoms with van der Waals surface area (Å²) in [5, 5.41) is 0. The molecule has 10 aromatic carbocycles. The maximum Gasteiger partial charge on any atom is -1.00 e. The Bertz CT molecular complexity index is 3980. The Kier molecular flexibility index (Phi) is 18.6. The zero-order chi connectivity index (χ0) is 55.8. The number of rotatable bonds is 10. The van der Waals surface area contributed by atoms with Crippen LogP contribution in [-0.4, -0.2) is 11.0 Å². The van der Waals surface area contributed by atoms with Crippen LogP contribution in [0.2, 0.25) is 26.2 Å². The van der Waals surface area contributed by atoms with E-state index in [0.717, 1.165) is 0 Å². The van der Waals surface area contributed by atoms with Crippen molar-refractivity contribution in [2.24, 2.45) is 0 Å². The van der Waals surface area contributed by atoms with E-state index in [1.54, 1.807) is 44.5 Å². The summed E-state index contributed by atoms with van der Waals surface area (Å²) < 4.78 is 2.35. The molecule has 0 bridgehead atoms. The standard InChI is InChI=1S/2C21H15.2C16H13.2C2H6Si.2ClH.2Hf/c2*1-3-8-16(9-4-1)19-14-18-12-7-13-20(21(18)15-19)17-10-5-2-6-11-17;2*1-12-10-14-8-5-9-15(16(14)11-12)13-6-3-2-4-7-13;2*1-3-2;;;;/h2*1-15H;2*2-11H,1H3;2*1-2H3;2*1H;;/p-2. The minimum Gasteiger partial charge on any atom is -1.00 e. The van der Waals surface area contributed by atoms with Crippen LogP contribution in [0, 0.1) is 0 Å². The fraction of sp³-hybridized carbons (Fsp3) is 0.128. The van der Waals surface area contributed by atoms with E-state index < -0.39 is 51.1 Å². The molecular formula is C78H68Cl2Hf2Si2-2.